The van der Waals surface area contributed by atoms with Crippen molar-refractivity contribution in [3.63, 3.8) is 0 Å². The number of amides is 2. The van der Waals surface area contributed by atoms with Gasteiger partial charge in [0.05, 0.1) is 25.3 Å². The van der Waals surface area contributed by atoms with Gasteiger partial charge in [0, 0.05) is 12.8 Å². The number of aryl methyl sites for hydroxylation is 1. The first kappa shape index (κ1) is 18.0. The number of nitrogens with one attached hydrogen (secondary N) is 3. The number of hydrogen-bond donors (Lipinski definition) is 4. The zero-order chi connectivity index (χ0) is 18.4. The fourth-order valence-corrected chi connectivity index (χ4v) is 3.10. The lowest BCUT2D eigenvalue weighted by molar-refractivity contribution is -0.540. The zero-order valence-electron chi connectivity index (χ0n) is 14.8. The second-order valence-electron chi connectivity index (χ2n) is 6.13. The molecule has 0 unspecified atom stereocenters. The Morgan fingerprint density at radius 1 is 1.35 bits per heavy atom. The van der Waals surface area contributed by atoms with Crippen LogP contribution in [0.15, 0.2) is 36.4 Å². The number of hydrogen-bond acceptors (Lipinski definition) is 4. The van der Waals surface area contributed by atoms with Crippen LogP contribution in [0.2, 0.25) is 0 Å². The molecule has 136 valence electrons. The Hall–Kier alpha value is -2.77. The molecule has 1 aliphatic rings. The minimum absolute atomic E-state index is 0.236. The largest absolute Gasteiger partial charge is 0.379 e. The highest BCUT2D eigenvalue weighted by Crippen LogP contribution is 2.20. The van der Waals surface area contributed by atoms with Crippen LogP contribution in [0.4, 0.5) is 16.3 Å². The van der Waals surface area contributed by atoms with Crippen LogP contribution in [0, 0.1) is 5.41 Å². The lowest BCUT2D eigenvalue weighted by Crippen LogP contribution is -2.73. The molecule has 2 aromatic rings. The van der Waals surface area contributed by atoms with Crippen LogP contribution in [0.3, 0.4) is 0 Å². The van der Waals surface area contributed by atoms with Gasteiger partial charge in [0.2, 0.25) is 0 Å². The smallest absolute Gasteiger partial charge is 0.320 e. The highest BCUT2D eigenvalue weighted by Gasteiger charge is 2.19. The minimum Gasteiger partial charge on any atom is -0.379 e. The predicted molar refractivity (Wildman–Crippen MR) is 100 cm³/mol. The normalized spacial score (nSPS) is 18.0. The number of carbonyl (C=O) groups excluding carboxylic acids is 1. The van der Waals surface area contributed by atoms with Gasteiger partial charge in [-0.1, -0.05) is 30.3 Å². The van der Waals surface area contributed by atoms with Crippen molar-refractivity contribution >= 4 is 23.8 Å². The van der Waals surface area contributed by atoms with Gasteiger partial charge in [-0.25, -0.2) is 9.78 Å². The fourth-order valence-electron chi connectivity index (χ4n) is 3.10. The SMILES string of the molecule is C[NH2+]c1c(C=N)cc2nc1CCCOC[C@H](c1ccccc1)NC(=O)N2. The molecule has 2 bridgehead atoms. The summed E-state index contributed by atoms with van der Waals surface area (Å²) in [5.74, 6) is 0.454. The van der Waals surface area contributed by atoms with Crippen LogP contribution in [0.5, 0.6) is 0 Å². The van der Waals surface area contributed by atoms with E-state index < -0.39 is 0 Å². The van der Waals surface area contributed by atoms with E-state index >= 15 is 0 Å². The molecule has 1 aliphatic heterocycles. The van der Waals surface area contributed by atoms with Crippen molar-refractivity contribution in [3.05, 3.63) is 53.2 Å². The summed E-state index contributed by atoms with van der Waals surface area (Å²) >= 11 is 0. The van der Waals surface area contributed by atoms with Gasteiger partial charge in [-0.15, -0.1) is 0 Å². The maximum atomic E-state index is 12.5. The number of carbonyl (C=O) groups is 1. The third kappa shape index (κ3) is 4.25. The number of nitrogens with zero attached hydrogens (tertiary/aromatic N) is 1. The summed E-state index contributed by atoms with van der Waals surface area (Å²) in [5.41, 5.74) is 3.53. The molecule has 5 N–H and O–H groups in total. The third-order valence-electron chi connectivity index (χ3n) is 4.35. The molecule has 0 aliphatic carbocycles. The lowest BCUT2D eigenvalue weighted by Gasteiger charge is -2.21. The van der Waals surface area contributed by atoms with E-state index in [1.54, 1.807) is 6.07 Å². The topological polar surface area (TPSA) is 104 Å². The number of fused-ring (bicyclic) bond motifs is 2. The Balaban J connectivity index is 1.88. The van der Waals surface area contributed by atoms with Gasteiger partial charge in [0.1, 0.15) is 11.5 Å². The molecule has 26 heavy (non-hydrogen) atoms. The van der Waals surface area contributed by atoms with Gasteiger partial charge in [-0.3, -0.25) is 5.32 Å². The molecule has 0 saturated heterocycles. The summed E-state index contributed by atoms with van der Waals surface area (Å²) in [6.45, 7) is 0.999. The first-order chi connectivity index (χ1) is 12.7. The van der Waals surface area contributed by atoms with Crippen LogP contribution in [0.1, 0.15) is 29.3 Å². The van der Waals surface area contributed by atoms with E-state index in [1.165, 1.54) is 6.21 Å². The van der Waals surface area contributed by atoms with Crippen LogP contribution in [0.25, 0.3) is 0 Å². The Kier molecular flexibility index (Phi) is 5.93. The Labute approximate surface area is 152 Å². The predicted octanol–water partition coefficient (Wildman–Crippen LogP) is 1.73. The highest BCUT2D eigenvalue weighted by atomic mass is 16.5. The number of anilines is 1. The quantitative estimate of drug-likeness (QED) is 0.631. The van der Waals surface area contributed by atoms with Crippen molar-refractivity contribution in [2.45, 2.75) is 18.9 Å². The van der Waals surface area contributed by atoms with E-state index in [1.807, 2.05) is 42.7 Å². The van der Waals surface area contributed by atoms with Crippen molar-refractivity contribution < 1.29 is 14.8 Å². The second-order valence-corrected chi connectivity index (χ2v) is 6.13. The molecule has 7 heteroatoms. The average molecular weight is 354 g/mol. The van der Waals surface area contributed by atoms with Crippen LogP contribution < -0.4 is 16.0 Å². The van der Waals surface area contributed by atoms with Gasteiger partial charge in [-0.05, 0) is 24.5 Å². The first-order valence-electron chi connectivity index (χ1n) is 8.75. The molecule has 0 fully saturated rings. The van der Waals surface area contributed by atoms with E-state index in [4.69, 9.17) is 10.1 Å². The standard InChI is InChI=1S/C19H23N5O2/c1-21-18-14(11-20)10-17-22-15(18)8-5-9-26-12-16(23-19(25)24-17)13-6-3-2-4-7-13/h2-4,6-7,10-11,16,20-21H,5,8-9,12H2,1H3,(H2,22,23,24,25)/p+1/t16-/m1/s1. The molecular weight excluding hydrogens is 330 g/mol. The molecule has 7 nitrogen and oxygen atoms in total. The van der Waals surface area contributed by atoms with Gasteiger partial charge in [-0.2, -0.15) is 0 Å². The average Bonchev–Trinajstić information content (AvgIpc) is 2.66. The maximum absolute atomic E-state index is 12.5. The zero-order valence-corrected chi connectivity index (χ0v) is 14.8. The molecule has 1 aromatic carbocycles. The number of urea groups is 1. The van der Waals surface area contributed by atoms with Gasteiger partial charge in [0.15, 0.2) is 5.69 Å². The molecule has 0 spiro atoms. The summed E-state index contributed by atoms with van der Waals surface area (Å²) in [7, 11) is 1.93. The molecule has 1 aromatic heterocycles. The van der Waals surface area contributed by atoms with E-state index in [9.17, 15) is 4.79 Å². The summed E-state index contributed by atoms with van der Waals surface area (Å²) in [5, 5.41) is 15.3. The number of benzene rings is 1. The van der Waals surface area contributed by atoms with Crippen molar-refractivity contribution in [2.75, 3.05) is 25.6 Å². The van der Waals surface area contributed by atoms with Crippen molar-refractivity contribution in [2.24, 2.45) is 0 Å². The summed E-state index contributed by atoms with van der Waals surface area (Å²) < 4.78 is 5.80. The van der Waals surface area contributed by atoms with Crippen molar-refractivity contribution in [1.82, 2.24) is 10.3 Å². The lowest BCUT2D eigenvalue weighted by atomic mass is 10.1. The number of quaternary nitrogens is 1. The first-order valence-corrected chi connectivity index (χ1v) is 8.75. The van der Waals surface area contributed by atoms with Crippen molar-refractivity contribution in [3.8, 4) is 0 Å². The third-order valence-corrected chi connectivity index (χ3v) is 4.35. The number of rotatable bonds is 3. The molecule has 0 radical (unpaired) electrons. The van der Waals surface area contributed by atoms with Crippen LogP contribution in [-0.2, 0) is 11.2 Å². The number of pyridine rings is 1. The number of aromatic nitrogens is 1. The summed E-state index contributed by atoms with van der Waals surface area (Å²) in [4.78, 5) is 17.0. The molecule has 0 saturated carbocycles. The van der Waals surface area contributed by atoms with Crippen LogP contribution in [-0.4, -0.2) is 37.5 Å². The monoisotopic (exact) mass is 354 g/mol. The van der Waals surface area contributed by atoms with Gasteiger partial charge in [0.25, 0.3) is 0 Å². The fraction of sp³-hybridized carbons (Fsp3) is 0.316. The molecule has 2 amide bonds. The molecular formula is C19H24N5O2+. The van der Waals surface area contributed by atoms with Crippen LogP contribution >= 0.6 is 0 Å². The van der Waals surface area contributed by atoms with E-state index in [0.717, 1.165) is 35.3 Å². The van der Waals surface area contributed by atoms with E-state index in [0.29, 0.717) is 19.0 Å². The Bertz CT molecular complexity index is 779. The highest BCUT2D eigenvalue weighted by molar-refractivity contribution is 5.91. The summed E-state index contributed by atoms with van der Waals surface area (Å²) in [6.07, 6.45) is 2.84. The number of nitrogens with two attached hydrogens (primary N) is 1. The molecule has 2 heterocycles. The second kappa shape index (κ2) is 8.55. The summed E-state index contributed by atoms with van der Waals surface area (Å²) in [6, 6.07) is 10.9. The van der Waals surface area contributed by atoms with Crippen molar-refractivity contribution in [1.29, 1.82) is 5.41 Å². The Morgan fingerprint density at radius 2 is 2.15 bits per heavy atom. The minimum atomic E-state index is -0.342. The van der Waals surface area contributed by atoms with E-state index in [-0.39, 0.29) is 12.1 Å². The molecule has 3 rings (SSSR count). The maximum Gasteiger partial charge on any atom is 0.320 e. The van der Waals surface area contributed by atoms with Gasteiger partial charge >= 0.3 is 6.03 Å². The Morgan fingerprint density at radius 3 is 2.88 bits per heavy atom. The van der Waals surface area contributed by atoms with E-state index in [2.05, 4.69) is 15.6 Å². The molecule has 1 atom stereocenters. The van der Waals surface area contributed by atoms with Gasteiger partial charge < -0.3 is 20.8 Å². The number of ether oxygens (including phenoxy) is 1.